The number of hydrogen-bond acceptors (Lipinski definition) is 6. The van der Waals surface area contributed by atoms with Crippen LogP contribution in [-0.4, -0.2) is 56.1 Å². The zero-order chi connectivity index (χ0) is 15.3. The molecule has 0 aliphatic heterocycles. The highest BCUT2D eigenvalue weighted by Gasteiger charge is 2.63. The first-order valence-electron chi connectivity index (χ1n) is 6.40. The molecule has 3 rings (SSSR count). The molecule has 4 atom stereocenters. The molecule has 0 saturated carbocycles. The molecule has 2 aliphatic rings. The Hall–Kier alpha value is -1.02. The summed E-state index contributed by atoms with van der Waals surface area (Å²) >= 11 is 0. The summed E-state index contributed by atoms with van der Waals surface area (Å²) in [7, 11) is 0. The van der Waals surface area contributed by atoms with Crippen molar-refractivity contribution in [3.05, 3.63) is 34.4 Å². The highest BCUT2D eigenvalue weighted by molar-refractivity contribution is 5.54. The van der Waals surface area contributed by atoms with E-state index < -0.39 is 36.6 Å². The van der Waals surface area contributed by atoms with Crippen LogP contribution in [0, 0.1) is 13.8 Å². The van der Waals surface area contributed by atoms with Gasteiger partial charge in [-0.25, -0.2) is 0 Å². The Balaban J connectivity index is 2.80. The number of aliphatic hydroxyl groups is 6. The lowest BCUT2D eigenvalue weighted by molar-refractivity contribution is -0.266. The Labute approximate surface area is 116 Å². The Kier molecular flexibility index (Phi) is 3.66. The standard InChI is InChI=1S/C14H20O6/c1-7-8(2)10-4-3-9(7)13(19,11(17)5-15)14(10,20)12(18)6-16/h3-4,11-12,15-20H,5-6H2,1-2H3/t11-,12+,13-,14-/m1/s1. The smallest absolute Gasteiger partial charge is 0.153 e. The number of benzene rings is 1. The molecule has 1 aromatic carbocycles. The van der Waals surface area contributed by atoms with Crippen molar-refractivity contribution in [2.24, 2.45) is 0 Å². The molecule has 0 fully saturated rings. The fourth-order valence-electron chi connectivity index (χ4n) is 3.19. The van der Waals surface area contributed by atoms with Crippen LogP contribution in [0.15, 0.2) is 12.1 Å². The van der Waals surface area contributed by atoms with Crippen molar-refractivity contribution < 1.29 is 30.6 Å². The van der Waals surface area contributed by atoms with Crippen molar-refractivity contribution in [1.29, 1.82) is 0 Å². The van der Waals surface area contributed by atoms with Crippen LogP contribution in [0.3, 0.4) is 0 Å². The highest BCUT2D eigenvalue weighted by atomic mass is 16.4. The number of fused-ring (bicyclic) bond motifs is 3. The van der Waals surface area contributed by atoms with Gasteiger partial charge >= 0.3 is 0 Å². The summed E-state index contributed by atoms with van der Waals surface area (Å²) in [5, 5.41) is 60.1. The maximum absolute atomic E-state index is 10.9. The molecule has 0 heterocycles. The number of rotatable bonds is 4. The summed E-state index contributed by atoms with van der Waals surface area (Å²) in [5.41, 5.74) is -2.79. The van der Waals surface area contributed by atoms with Gasteiger partial charge < -0.3 is 30.6 Å². The molecule has 6 N–H and O–H groups in total. The largest absolute Gasteiger partial charge is 0.394 e. The summed E-state index contributed by atoms with van der Waals surface area (Å²) in [6.45, 7) is 1.84. The van der Waals surface area contributed by atoms with Crippen LogP contribution in [0.5, 0.6) is 0 Å². The van der Waals surface area contributed by atoms with Crippen LogP contribution in [0.4, 0.5) is 0 Å². The Morgan fingerprint density at radius 3 is 1.40 bits per heavy atom. The third kappa shape index (κ3) is 1.54. The van der Waals surface area contributed by atoms with E-state index in [2.05, 4.69) is 0 Å². The maximum atomic E-state index is 10.9. The van der Waals surface area contributed by atoms with Crippen LogP contribution < -0.4 is 0 Å². The first kappa shape index (κ1) is 15.4. The normalized spacial score (nSPS) is 31.4. The molecular formula is C14H20O6. The number of aliphatic hydroxyl groups excluding tert-OH is 4. The number of hydrogen-bond donors (Lipinski definition) is 6. The molecule has 112 valence electrons. The second-order valence-electron chi connectivity index (χ2n) is 5.34. The third-order valence-electron chi connectivity index (χ3n) is 4.50. The van der Waals surface area contributed by atoms with Crippen molar-refractivity contribution in [3.8, 4) is 0 Å². The van der Waals surface area contributed by atoms with E-state index in [4.69, 9.17) is 0 Å². The highest BCUT2D eigenvalue weighted by Crippen LogP contribution is 2.52. The van der Waals surface area contributed by atoms with Gasteiger partial charge in [0.15, 0.2) is 11.2 Å². The van der Waals surface area contributed by atoms with E-state index in [0.717, 1.165) is 0 Å². The monoisotopic (exact) mass is 284 g/mol. The quantitative estimate of drug-likeness (QED) is 0.396. The summed E-state index contributed by atoms with van der Waals surface area (Å²) < 4.78 is 0. The second-order valence-corrected chi connectivity index (χ2v) is 5.34. The van der Waals surface area contributed by atoms with Crippen LogP contribution in [0.25, 0.3) is 0 Å². The minimum atomic E-state index is -2.28. The Morgan fingerprint density at radius 2 is 1.15 bits per heavy atom. The van der Waals surface area contributed by atoms with E-state index in [0.29, 0.717) is 11.1 Å². The van der Waals surface area contributed by atoms with Gasteiger partial charge in [-0.2, -0.15) is 0 Å². The topological polar surface area (TPSA) is 121 Å². The molecule has 1 aromatic rings. The van der Waals surface area contributed by atoms with Crippen molar-refractivity contribution >= 4 is 0 Å². The predicted molar refractivity (Wildman–Crippen MR) is 69.9 cm³/mol. The minimum absolute atomic E-state index is 0.224. The van der Waals surface area contributed by atoms with Gasteiger partial charge in [-0.05, 0) is 36.1 Å². The fraction of sp³-hybridized carbons (Fsp3) is 0.571. The third-order valence-corrected chi connectivity index (χ3v) is 4.50. The van der Waals surface area contributed by atoms with Gasteiger partial charge in [0.05, 0.1) is 13.2 Å². The maximum Gasteiger partial charge on any atom is 0.153 e. The van der Waals surface area contributed by atoms with Crippen molar-refractivity contribution in [3.63, 3.8) is 0 Å². The van der Waals surface area contributed by atoms with Gasteiger partial charge in [-0.15, -0.1) is 0 Å². The molecule has 6 heteroatoms. The molecule has 2 bridgehead atoms. The van der Waals surface area contributed by atoms with Crippen LogP contribution in [-0.2, 0) is 11.2 Å². The molecule has 0 unspecified atom stereocenters. The average molecular weight is 284 g/mol. The summed E-state index contributed by atoms with van der Waals surface area (Å²) in [6, 6.07) is 3.07. The molecule has 0 spiro atoms. The molecule has 2 aliphatic carbocycles. The van der Waals surface area contributed by atoms with Crippen molar-refractivity contribution in [2.45, 2.75) is 37.3 Å². The summed E-state index contributed by atoms with van der Waals surface area (Å²) in [6.07, 6.45) is -3.40. The summed E-state index contributed by atoms with van der Waals surface area (Å²) in [5.74, 6) is 0. The predicted octanol–water partition coefficient (Wildman–Crippen LogP) is -1.60. The van der Waals surface area contributed by atoms with Gasteiger partial charge in [0.25, 0.3) is 0 Å². The fourth-order valence-corrected chi connectivity index (χ4v) is 3.19. The van der Waals surface area contributed by atoms with Gasteiger partial charge in [-0.1, -0.05) is 12.1 Å². The van der Waals surface area contributed by atoms with E-state index >= 15 is 0 Å². The van der Waals surface area contributed by atoms with Crippen molar-refractivity contribution in [1.82, 2.24) is 0 Å². The second kappa shape index (κ2) is 4.77. The molecule has 0 saturated heterocycles. The first-order valence-corrected chi connectivity index (χ1v) is 6.40. The average Bonchev–Trinajstić information content (AvgIpc) is 2.45. The van der Waals surface area contributed by atoms with E-state index in [1.54, 1.807) is 13.8 Å². The lowest BCUT2D eigenvalue weighted by atomic mass is 9.60. The SMILES string of the molecule is Cc1c2ccc(c1C)[C@@](O)([C@@H](O)CO)[C@]2(O)[C@H](O)CO. The lowest BCUT2D eigenvalue weighted by Gasteiger charge is -2.53. The van der Waals surface area contributed by atoms with E-state index in [1.165, 1.54) is 12.1 Å². The van der Waals surface area contributed by atoms with E-state index in [9.17, 15) is 30.6 Å². The van der Waals surface area contributed by atoms with Crippen molar-refractivity contribution in [2.75, 3.05) is 13.2 Å². The molecule has 0 amide bonds. The first-order chi connectivity index (χ1) is 9.26. The summed E-state index contributed by atoms with van der Waals surface area (Å²) in [4.78, 5) is 0. The molecule has 0 aromatic heterocycles. The Bertz CT molecular complexity index is 484. The zero-order valence-corrected chi connectivity index (χ0v) is 11.4. The van der Waals surface area contributed by atoms with Gasteiger partial charge in [0.1, 0.15) is 12.2 Å². The molecular weight excluding hydrogens is 264 g/mol. The lowest BCUT2D eigenvalue weighted by Crippen LogP contribution is -2.66. The molecule has 20 heavy (non-hydrogen) atoms. The van der Waals surface area contributed by atoms with Gasteiger partial charge in [-0.3, -0.25) is 0 Å². The zero-order valence-electron chi connectivity index (χ0n) is 11.4. The van der Waals surface area contributed by atoms with Gasteiger partial charge in [0, 0.05) is 0 Å². The van der Waals surface area contributed by atoms with Crippen LogP contribution in [0.1, 0.15) is 22.3 Å². The minimum Gasteiger partial charge on any atom is -0.394 e. The van der Waals surface area contributed by atoms with Crippen LogP contribution in [0.2, 0.25) is 0 Å². The Morgan fingerprint density at radius 1 is 0.850 bits per heavy atom. The van der Waals surface area contributed by atoms with Crippen LogP contribution >= 0.6 is 0 Å². The molecule has 6 nitrogen and oxygen atoms in total. The van der Waals surface area contributed by atoms with E-state index in [1.807, 2.05) is 0 Å². The molecule has 0 radical (unpaired) electrons. The van der Waals surface area contributed by atoms with Gasteiger partial charge in [0.2, 0.25) is 0 Å². The van der Waals surface area contributed by atoms with E-state index in [-0.39, 0.29) is 11.1 Å².